The maximum atomic E-state index is 14.5. The number of imide groups is 1. The number of thiazole rings is 1. The normalized spacial score (nSPS) is 23.0. The minimum absolute atomic E-state index is 0.0268. The lowest BCUT2D eigenvalue weighted by Gasteiger charge is -2.52. The first-order valence-corrected chi connectivity index (χ1v) is 16.4. The summed E-state index contributed by atoms with van der Waals surface area (Å²) < 4.78 is 0.774. The molecule has 2 unspecified atom stereocenters. The van der Waals surface area contributed by atoms with E-state index in [1.165, 1.54) is 4.57 Å². The van der Waals surface area contributed by atoms with Crippen molar-refractivity contribution in [1.29, 1.82) is 5.26 Å². The van der Waals surface area contributed by atoms with E-state index in [0.717, 1.165) is 22.3 Å². The molecule has 10 rings (SSSR count). The van der Waals surface area contributed by atoms with E-state index in [1.807, 2.05) is 54.6 Å². The van der Waals surface area contributed by atoms with Gasteiger partial charge < -0.3 is 5.32 Å². The monoisotopic (exact) mass is 661 g/mol. The first-order valence-electron chi connectivity index (χ1n) is 15.6. The van der Waals surface area contributed by atoms with Gasteiger partial charge in [0.15, 0.2) is 5.57 Å². The summed E-state index contributed by atoms with van der Waals surface area (Å²) in [5.41, 5.74) is 7.35. The first kappa shape index (κ1) is 28.8. The van der Waals surface area contributed by atoms with Crippen molar-refractivity contribution in [2.24, 2.45) is 11.8 Å². The molecule has 49 heavy (non-hydrogen) atoms. The third-order valence-electron chi connectivity index (χ3n) is 9.94. The third kappa shape index (κ3) is 3.95. The zero-order chi connectivity index (χ0) is 33.6. The number of hydrazine groups is 1. The molecule has 2 bridgehead atoms. The molecule has 2 N–H and O–H groups in total. The number of carbonyl (C=O) groups is 4. The van der Waals surface area contributed by atoms with E-state index in [9.17, 15) is 29.2 Å². The molecule has 2 atom stereocenters. The minimum Gasteiger partial charge on any atom is -0.321 e. The van der Waals surface area contributed by atoms with E-state index >= 15 is 0 Å². The van der Waals surface area contributed by atoms with Crippen LogP contribution in [0, 0.1) is 23.2 Å². The number of aromatic nitrogens is 1. The second-order valence-electron chi connectivity index (χ2n) is 12.3. The summed E-state index contributed by atoms with van der Waals surface area (Å²) >= 11 is 0.618. The summed E-state index contributed by atoms with van der Waals surface area (Å²) in [7, 11) is 0. The molecule has 4 amide bonds. The Kier molecular flexibility index (Phi) is 6.21. The Hall–Kier alpha value is -6.38. The standard InChI is InChI=1S/C38H23N5O5S/c39-18-25(37-42(19-10-2-1-3-11-19)32(38(48)49-37)29-24-16-8-9-17-26(24)40-33(29)44)35(46)43-36(47)31-28-22-14-6-4-12-20(22)27(30(31)34(45)41-43)21-13-5-7-15-23(21)28/h1-17,27-28,30-31H,(H,40,44)(H,41,45)/b32-29+,37-25+. The molecule has 11 heteroatoms. The molecule has 10 nitrogen and oxygen atoms in total. The Morgan fingerprint density at radius 3 is 1.94 bits per heavy atom. The molecule has 0 saturated carbocycles. The quantitative estimate of drug-likeness (QED) is 0.298. The number of benzene rings is 4. The molecule has 1 aromatic heterocycles. The van der Waals surface area contributed by atoms with Crippen molar-refractivity contribution in [3.05, 3.63) is 150 Å². The molecule has 236 valence electrons. The predicted molar refractivity (Wildman–Crippen MR) is 179 cm³/mol. The summed E-state index contributed by atoms with van der Waals surface area (Å²) in [5, 5.41) is 13.9. The molecular weight excluding hydrogens is 639 g/mol. The van der Waals surface area contributed by atoms with Gasteiger partial charge in [0.1, 0.15) is 16.1 Å². The van der Waals surface area contributed by atoms with Crippen LogP contribution >= 0.6 is 11.3 Å². The fourth-order valence-electron chi connectivity index (χ4n) is 8.05. The summed E-state index contributed by atoms with van der Waals surface area (Å²) in [5.74, 6) is -5.22. The van der Waals surface area contributed by atoms with Crippen LogP contribution in [0.25, 0.3) is 16.8 Å². The number of hydrogen-bond acceptors (Lipinski definition) is 7. The zero-order valence-corrected chi connectivity index (χ0v) is 26.2. The maximum absolute atomic E-state index is 14.5. The van der Waals surface area contributed by atoms with Gasteiger partial charge in [-0.15, -0.1) is 0 Å². The van der Waals surface area contributed by atoms with Gasteiger partial charge in [0.25, 0.3) is 22.5 Å². The number of rotatable bonds is 2. The first-order chi connectivity index (χ1) is 23.9. The van der Waals surface area contributed by atoms with Crippen LogP contribution < -0.4 is 25.5 Å². The fraction of sp³-hybridized carbons (Fsp3) is 0.105. The van der Waals surface area contributed by atoms with Crippen molar-refractivity contribution in [2.45, 2.75) is 11.8 Å². The largest absolute Gasteiger partial charge is 0.321 e. The van der Waals surface area contributed by atoms with Gasteiger partial charge in [-0.2, -0.15) is 10.3 Å². The van der Waals surface area contributed by atoms with Crippen LogP contribution in [0.2, 0.25) is 0 Å². The highest BCUT2D eigenvalue weighted by Gasteiger charge is 2.59. The summed E-state index contributed by atoms with van der Waals surface area (Å²) in [4.78, 5) is 70.0. The van der Waals surface area contributed by atoms with Gasteiger partial charge >= 0.3 is 0 Å². The highest BCUT2D eigenvalue weighted by Crippen LogP contribution is 2.59. The number of fused-ring (bicyclic) bond motifs is 1. The number of amides is 4. The lowest BCUT2D eigenvalue weighted by molar-refractivity contribution is -0.164. The van der Waals surface area contributed by atoms with E-state index in [4.69, 9.17) is 0 Å². The molecule has 5 aliphatic rings. The van der Waals surface area contributed by atoms with Gasteiger partial charge in [0.2, 0.25) is 5.91 Å². The van der Waals surface area contributed by atoms with Crippen molar-refractivity contribution in [3.8, 4) is 11.8 Å². The van der Waals surface area contributed by atoms with Gasteiger partial charge in [0.05, 0.1) is 17.4 Å². The SMILES string of the molecule is N#C/C(C(=O)N1NC(=O)C2C3c4ccccc4C(c4ccccc43)C2C1=O)=c1\sc(=O)/c(=C2\C(=O)Nc3ccccc32)n1-c1ccccc1. The Balaban J connectivity index is 1.24. The smallest absolute Gasteiger partial charge is 0.293 e. The summed E-state index contributed by atoms with van der Waals surface area (Å²) in [6.45, 7) is 0. The minimum atomic E-state index is -1.07. The molecule has 1 fully saturated rings. The van der Waals surface area contributed by atoms with Crippen LogP contribution in [0.3, 0.4) is 0 Å². The van der Waals surface area contributed by atoms with Gasteiger partial charge in [-0.05, 0) is 40.5 Å². The number of anilines is 1. The molecule has 3 aliphatic carbocycles. The second-order valence-corrected chi connectivity index (χ2v) is 13.3. The van der Waals surface area contributed by atoms with E-state index in [1.54, 1.807) is 54.6 Å². The lowest BCUT2D eigenvalue weighted by Crippen LogP contribution is -2.65. The topological polar surface area (TPSA) is 141 Å². The molecule has 2 aliphatic heterocycles. The van der Waals surface area contributed by atoms with E-state index in [2.05, 4.69) is 10.7 Å². The van der Waals surface area contributed by atoms with Gasteiger partial charge in [0, 0.05) is 28.8 Å². The third-order valence-corrected chi connectivity index (χ3v) is 10.9. The summed E-state index contributed by atoms with van der Waals surface area (Å²) in [6.07, 6.45) is 0. The molecule has 0 radical (unpaired) electrons. The molecular formula is C38H23N5O5S. The number of nitrogens with zero attached hydrogens (tertiary/aromatic N) is 3. The maximum Gasteiger partial charge on any atom is 0.293 e. The number of nitriles is 1. The number of carbonyl (C=O) groups excluding carboxylic acids is 4. The van der Waals surface area contributed by atoms with E-state index in [0.29, 0.717) is 33.3 Å². The molecule has 0 spiro atoms. The zero-order valence-electron chi connectivity index (χ0n) is 25.4. The number of para-hydroxylation sites is 2. The second kappa shape index (κ2) is 10.6. The van der Waals surface area contributed by atoms with Gasteiger partial charge in [-0.25, -0.2) is 0 Å². The van der Waals surface area contributed by atoms with Crippen molar-refractivity contribution >= 4 is 51.8 Å². The van der Waals surface area contributed by atoms with Crippen LogP contribution in [0.1, 0.15) is 39.7 Å². The average molecular weight is 662 g/mol. The summed E-state index contributed by atoms with van der Waals surface area (Å²) in [6, 6.07) is 32.9. The highest BCUT2D eigenvalue weighted by molar-refractivity contribution is 7.07. The van der Waals surface area contributed by atoms with Gasteiger partial charge in [-0.3, -0.25) is 34.0 Å². The van der Waals surface area contributed by atoms with Crippen LogP contribution in [-0.4, -0.2) is 33.2 Å². The molecule has 3 heterocycles. The van der Waals surface area contributed by atoms with Crippen LogP contribution in [0.15, 0.2) is 108 Å². The van der Waals surface area contributed by atoms with Crippen molar-refractivity contribution < 1.29 is 19.2 Å². The fourth-order valence-corrected chi connectivity index (χ4v) is 9.04. The van der Waals surface area contributed by atoms with E-state index in [-0.39, 0.29) is 21.5 Å². The molecule has 4 aromatic carbocycles. The van der Waals surface area contributed by atoms with Crippen LogP contribution in [0.5, 0.6) is 0 Å². The van der Waals surface area contributed by atoms with E-state index < -0.39 is 51.7 Å². The highest BCUT2D eigenvalue weighted by atomic mass is 32.1. The van der Waals surface area contributed by atoms with Crippen LogP contribution in [0.4, 0.5) is 5.69 Å². The van der Waals surface area contributed by atoms with Crippen LogP contribution in [-0.2, 0) is 19.2 Å². The Labute approximate surface area is 281 Å². The Morgan fingerprint density at radius 2 is 1.31 bits per heavy atom. The number of hydrogen-bond donors (Lipinski definition) is 2. The van der Waals surface area contributed by atoms with Gasteiger partial charge in [-0.1, -0.05) is 96.3 Å². The van der Waals surface area contributed by atoms with Crippen molar-refractivity contribution in [2.75, 3.05) is 5.32 Å². The Bertz CT molecular complexity index is 2520. The Morgan fingerprint density at radius 1 is 0.735 bits per heavy atom. The van der Waals surface area contributed by atoms with Crippen molar-refractivity contribution in [1.82, 2.24) is 15.0 Å². The van der Waals surface area contributed by atoms with Crippen molar-refractivity contribution in [3.63, 3.8) is 0 Å². The average Bonchev–Trinajstić information content (AvgIpc) is 3.64. The number of nitrogens with one attached hydrogen (secondary N) is 2. The molecule has 1 saturated heterocycles. The lowest BCUT2D eigenvalue weighted by atomic mass is 9.53. The molecule has 5 aromatic rings. The predicted octanol–water partition coefficient (Wildman–Crippen LogP) is 2.65.